The predicted molar refractivity (Wildman–Crippen MR) is 103 cm³/mol. The van der Waals surface area contributed by atoms with Crippen molar-refractivity contribution in [2.24, 2.45) is 7.05 Å². The molecule has 0 bridgehead atoms. The summed E-state index contributed by atoms with van der Waals surface area (Å²) in [5, 5.41) is 5.49. The van der Waals surface area contributed by atoms with Gasteiger partial charge in [-0.2, -0.15) is 5.10 Å². The molecule has 138 valence electrons. The van der Waals surface area contributed by atoms with Gasteiger partial charge in [-0.3, -0.25) is 9.58 Å². The summed E-state index contributed by atoms with van der Waals surface area (Å²) in [5.74, 6) is 1.93. The molecule has 6 nitrogen and oxygen atoms in total. The Kier molecular flexibility index (Phi) is 4.75. The summed E-state index contributed by atoms with van der Waals surface area (Å²) in [7, 11) is 1.96. The van der Waals surface area contributed by atoms with Gasteiger partial charge in [-0.05, 0) is 20.3 Å². The van der Waals surface area contributed by atoms with Crippen LogP contribution in [0, 0.1) is 0 Å². The number of anilines is 1. The Hall–Kier alpha value is -1.69. The Morgan fingerprint density at radius 1 is 1.20 bits per heavy atom. The van der Waals surface area contributed by atoms with E-state index in [-0.39, 0.29) is 5.41 Å². The maximum atomic E-state index is 4.99. The Labute approximate surface area is 151 Å². The van der Waals surface area contributed by atoms with Crippen LogP contribution in [0.4, 0.5) is 5.82 Å². The molecule has 1 saturated heterocycles. The molecule has 0 N–H and O–H groups in total. The number of aryl methyl sites for hydroxylation is 1. The van der Waals surface area contributed by atoms with Gasteiger partial charge in [0.1, 0.15) is 11.6 Å². The smallest absolute Gasteiger partial charge is 0.163 e. The highest BCUT2D eigenvalue weighted by molar-refractivity contribution is 5.87. The van der Waals surface area contributed by atoms with Crippen LogP contribution in [0.25, 0.3) is 11.0 Å². The second-order valence-electron chi connectivity index (χ2n) is 8.47. The fourth-order valence-electron chi connectivity index (χ4n) is 3.69. The maximum Gasteiger partial charge on any atom is 0.163 e. The van der Waals surface area contributed by atoms with Crippen LogP contribution in [0.2, 0.25) is 0 Å². The summed E-state index contributed by atoms with van der Waals surface area (Å²) in [6, 6.07) is 1.15. The van der Waals surface area contributed by atoms with Crippen LogP contribution in [-0.2, 0) is 12.5 Å². The number of hydrogen-bond donors (Lipinski definition) is 0. The molecule has 0 aromatic carbocycles. The van der Waals surface area contributed by atoms with E-state index in [4.69, 9.17) is 9.97 Å². The fraction of sp³-hybridized carbons (Fsp3) is 0.737. The highest BCUT2D eigenvalue weighted by atomic mass is 15.3. The van der Waals surface area contributed by atoms with Gasteiger partial charge in [0.05, 0.1) is 11.6 Å². The highest BCUT2D eigenvalue weighted by Crippen LogP contribution is 2.30. The van der Waals surface area contributed by atoms with E-state index >= 15 is 0 Å². The van der Waals surface area contributed by atoms with E-state index in [1.807, 2.05) is 17.9 Å². The van der Waals surface area contributed by atoms with Gasteiger partial charge < -0.3 is 4.90 Å². The lowest BCUT2D eigenvalue weighted by Gasteiger charge is -2.44. The Bertz CT molecular complexity index is 742. The first kappa shape index (κ1) is 18.1. The molecule has 2 aromatic heterocycles. The average Bonchev–Trinajstić information content (AvgIpc) is 2.94. The van der Waals surface area contributed by atoms with Gasteiger partial charge >= 0.3 is 0 Å². The Morgan fingerprint density at radius 2 is 1.92 bits per heavy atom. The lowest BCUT2D eigenvalue weighted by molar-refractivity contribution is 0.133. The van der Waals surface area contributed by atoms with E-state index in [2.05, 4.69) is 56.4 Å². The van der Waals surface area contributed by atoms with E-state index in [9.17, 15) is 0 Å². The quantitative estimate of drug-likeness (QED) is 0.857. The van der Waals surface area contributed by atoms with Crippen molar-refractivity contribution in [3.63, 3.8) is 0 Å². The highest BCUT2D eigenvalue weighted by Gasteiger charge is 2.30. The maximum absolute atomic E-state index is 4.99. The van der Waals surface area contributed by atoms with Crippen LogP contribution < -0.4 is 4.90 Å². The lowest BCUT2D eigenvalue weighted by Crippen LogP contribution is -2.55. The normalized spacial score (nSPS) is 20.0. The van der Waals surface area contributed by atoms with Crippen molar-refractivity contribution < 1.29 is 0 Å². The van der Waals surface area contributed by atoms with Crippen LogP contribution in [0.1, 0.15) is 53.8 Å². The van der Waals surface area contributed by atoms with Crippen molar-refractivity contribution in [3.05, 3.63) is 12.0 Å². The number of aromatic nitrogens is 4. The number of rotatable bonds is 3. The molecule has 0 amide bonds. The zero-order valence-corrected chi connectivity index (χ0v) is 16.7. The van der Waals surface area contributed by atoms with Crippen molar-refractivity contribution in [3.8, 4) is 0 Å². The molecule has 1 fully saturated rings. The summed E-state index contributed by atoms with van der Waals surface area (Å²) in [4.78, 5) is 14.8. The third kappa shape index (κ3) is 3.36. The zero-order valence-electron chi connectivity index (χ0n) is 16.7. The van der Waals surface area contributed by atoms with Gasteiger partial charge in [-0.15, -0.1) is 0 Å². The first-order valence-corrected chi connectivity index (χ1v) is 9.43. The molecule has 1 aliphatic heterocycles. The van der Waals surface area contributed by atoms with E-state index in [1.165, 1.54) is 0 Å². The fourth-order valence-corrected chi connectivity index (χ4v) is 3.69. The first-order valence-electron chi connectivity index (χ1n) is 9.43. The molecule has 2 aromatic rings. The van der Waals surface area contributed by atoms with Gasteiger partial charge in [0.15, 0.2) is 5.65 Å². The van der Waals surface area contributed by atoms with Crippen molar-refractivity contribution in [1.82, 2.24) is 24.6 Å². The van der Waals surface area contributed by atoms with E-state index < -0.39 is 0 Å². The summed E-state index contributed by atoms with van der Waals surface area (Å²) in [5.41, 5.74) is 0.839. The second kappa shape index (κ2) is 6.56. The molecule has 1 aliphatic rings. The molecular weight excluding hydrogens is 312 g/mol. The summed E-state index contributed by atoms with van der Waals surface area (Å²) < 4.78 is 1.86. The van der Waals surface area contributed by atoms with Gasteiger partial charge in [0.2, 0.25) is 0 Å². The first-order chi connectivity index (χ1) is 11.7. The molecule has 25 heavy (non-hydrogen) atoms. The summed E-state index contributed by atoms with van der Waals surface area (Å²) in [6.45, 7) is 16.5. The summed E-state index contributed by atoms with van der Waals surface area (Å²) in [6.07, 6.45) is 3.06. The predicted octanol–water partition coefficient (Wildman–Crippen LogP) is 2.97. The SMILES string of the molecule is CCC1CN(c2nc(C(C)(C)C)nc3c2cnn3C)CCN1C(C)C. The van der Waals surface area contributed by atoms with Crippen LogP contribution in [0.5, 0.6) is 0 Å². The zero-order chi connectivity index (χ0) is 18.4. The molecule has 1 unspecified atom stereocenters. The monoisotopic (exact) mass is 344 g/mol. The number of nitrogens with zero attached hydrogens (tertiary/aromatic N) is 6. The van der Waals surface area contributed by atoms with E-state index in [0.29, 0.717) is 12.1 Å². The third-order valence-corrected chi connectivity index (χ3v) is 5.21. The van der Waals surface area contributed by atoms with Gasteiger partial charge in [-0.25, -0.2) is 9.97 Å². The van der Waals surface area contributed by atoms with Crippen LogP contribution in [0.15, 0.2) is 6.20 Å². The van der Waals surface area contributed by atoms with Crippen LogP contribution in [0.3, 0.4) is 0 Å². The second-order valence-corrected chi connectivity index (χ2v) is 8.47. The number of piperazine rings is 1. The molecule has 0 spiro atoms. The van der Waals surface area contributed by atoms with Gasteiger partial charge in [-0.1, -0.05) is 27.7 Å². The topological polar surface area (TPSA) is 50.1 Å². The van der Waals surface area contributed by atoms with Gasteiger partial charge in [0, 0.05) is 44.2 Å². The molecular formula is C19H32N6. The molecule has 0 saturated carbocycles. The Balaban J connectivity index is 2.03. The lowest BCUT2D eigenvalue weighted by atomic mass is 9.95. The largest absolute Gasteiger partial charge is 0.353 e. The van der Waals surface area contributed by atoms with Crippen LogP contribution >= 0.6 is 0 Å². The Morgan fingerprint density at radius 3 is 2.52 bits per heavy atom. The minimum Gasteiger partial charge on any atom is -0.353 e. The third-order valence-electron chi connectivity index (χ3n) is 5.21. The molecule has 6 heteroatoms. The van der Waals surface area contributed by atoms with Gasteiger partial charge in [0.25, 0.3) is 0 Å². The van der Waals surface area contributed by atoms with Crippen molar-refractivity contribution in [2.45, 2.75) is 65.5 Å². The standard InChI is InChI=1S/C19H32N6/c1-8-14-12-24(9-10-25(14)13(2)3)17-15-11-20-23(7)16(15)21-18(22-17)19(4,5)6/h11,13-14H,8-10,12H2,1-7H3. The minimum absolute atomic E-state index is 0.0862. The number of hydrogen-bond acceptors (Lipinski definition) is 5. The van der Waals surface area contributed by atoms with E-state index in [1.54, 1.807) is 0 Å². The average molecular weight is 345 g/mol. The van der Waals surface area contributed by atoms with E-state index in [0.717, 1.165) is 48.7 Å². The summed E-state index contributed by atoms with van der Waals surface area (Å²) >= 11 is 0. The van der Waals surface area contributed by atoms with Crippen molar-refractivity contribution in [2.75, 3.05) is 24.5 Å². The van der Waals surface area contributed by atoms with Crippen molar-refractivity contribution in [1.29, 1.82) is 0 Å². The molecule has 3 heterocycles. The molecule has 0 radical (unpaired) electrons. The molecule has 1 atom stereocenters. The van der Waals surface area contributed by atoms with Crippen LogP contribution in [-0.4, -0.2) is 56.4 Å². The molecule has 0 aliphatic carbocycles. The van der Waals surface area contributed by atoms with Crippen molar-refractivity contribution >= 4 is 16.9 Å². The molecule has 3 rings (SSSR count). The number of fused-ring (bicyclic) bond motifs is 1. The minimum atomic E-state index is -0.0862.